The zero-order valence-corrected chi connectivity index (χ0v) is 10.3. The van der Waals surface area contributed by atoms with E-state index in [2.05, 4.69) is 15.0 Å². The van der Waals surface area contributed by atoms with Crippen molar-refractivity contribution in [2.75, 3.05) is 6.61 Å². The molecule has 1 heterocycles. The number of hydrogen-bond acceptors (Lipinski definition) is 6. The Labute approximate surface area is 104 Å². The molecule has 1 aromatic heterocycles. The van der Waals surface area contributed by atoms with Crippen molar-refractivity contribution >= 4 is 12.0 Å². The summed E-state index contributed by atoms with van der Waals surface area (Å²) < 4.78 is 5.79. The quantitative estimate of drug-likeness (QED) is 0.767. The van der Waals surface area contributed by atoms with Gasteiger partial charge in [-0.1, -0.05) is 12.1 Å². The number of nitrogens with zero attached hydrogens (tertiary/aromatic N) is 3. The number of aromatic nitrogens is 3. The Morgan fingerprint density at radius 3 is 2.89 bits per heavy atom. The highest BCUT2D eigenvalue weighted by Gasteiger charge is 2.13. The van der Waals surface area contributed by atoms with E-state index in [0.29, 0.717) is 12.1 Å². The van der Waals surface area contributed by atoms with E-state index in [1.807, 2.05) is 5.32 Å². The number of aliphatic hydroxyl groups excluding tert-OH is 1. The number of nitrogens with one attached hydrogen (secondary N) is 1. The van der Waals surface area contributed by atoms with Crippen LogP contribution in [0.1, 0.15) is 32.1 Å². The average molecular weight is 256 g/mol. The molecule has 8 heteroatoms. The Morgan fingerprint density at radius 1 is 1.56 bits per heavy atom. The van der Waals surface area contributed by atoms with Gasteiger partial charge in [0.05, 0.1) is 18.9 Å². The maximum absolute atomic E-state index is 11.4. The predicted molar refractivity (Wildman–Crippen MR) is 60.4 cm³/mol. The smallest absolute Gasteiger partial charge is 0.413 e. The lowest BCUT2D eigenvalue weighted by Crippen LogP contribution is -2.33. The first-order valence-corrected chi connectivity index (χ1v) is 5.61. The summed E-state index contributed by atoms with van der Waals surface area (Å²) in [5.74, 6) is -0.559. The molecule has 0 spiro atoms. The lowest BCUT2D eigenvalue weighted by atomic mass is 10.2. The topological polar surface area (TPSA) is 106 Å². The van der Waals surface area contributed by atoms with Crippen molar-refractivity contribution in [2.24, 2.45) is 0 Å². The number of hydrogen-bond donors (Lipinski definition) is 2. The molecule has 0 aliphatic heterocycles. The second-order valence-electron chi connectivity index (χ2n) is 3.53. The van der Waals surface area contributed by atoms with Crippen LogP contribution >= 0.6 is 0 Å². The summed E-state index contributed by atoms with van der Waals surface area (Å²) >= 11 is 0. The minimum atomic E-state index is -0.795. The summed E-state index contributed by atoms with van der Waals surface area (Å²) in [6.07, 6.45) is 0.468. The van der Waals surface area contributed by atoms with Gasteiger partial charge in [0.15, 0.2) is 0 Å². The maximum Gasteiger partial charge on any atom is 0.413 e. The largest absolute Gasteiger partial charge is 0.450 e. The summed E-state index contributed by atoms with van der Waals surface area (Å²) in [6.45, 7) is 3.47. The van der Waals surface area contributed by atoms with Crippen LogP contribution in [-0.2, 0) is 16.1 Å². The van der Waals surface area contributed by atoms with Crippen molar-refractivity contribution in [3.8, 4) is 0 Å². The highest BCUT2D eigenvalue weighted by Crippen LogP contribution is 2.11. The van der Waals surface area contributed by atoms with Gasteiger partial charge < -0.3 is 9.84 Å². The molecule has 1 rings (SSSR count). The summed E-state index contributed by atoms with van der Waals surface area (Å²) in [4.78, 5) is 22.3. The standard InChI is InChI=1S/C10H16N4O4/c1-3-8(15)7-5-14(13-12-7)6-9(16)11-10(17)18-4-2/h5,8,15H,3-4,6H2,1-2H3,(H,11,16,17). The van der Waals surface area contributed by atoms with E-state index < -0.39 is 18.1 Å². The summed E-state index contributed by atoms with van der Waals surface area (Å²) in [5.41, 5.74) is 0.390. The molecule has 1 atom stereocenters. The van der Waals surface area contributed by atoms with Gasteiger partial charge in [0, 0.05) is 0 Å². The molecule has 1 aromatic rings. The summed E-state index contributed by atoms with van der Waals surface area (Å²) in [5, 5.41) is 18.9. The van der Waals surface area contributed by atoms with Crippen molar-refractivity contribution < 1.29 is 19.4 Å². The zero-order valence-electron chi connectivity index (χ0n) is 10.3. The predicted octanol–water partition coefficient (Wildman–Crippen LogP) is -0.00580. The highest BCUT2D eigenvalue weighted by atomic mass is 16.5. The van der Waals surface area contributed by atoms with Gasteiger partial charge in [-0.25, -0.2) is 9.48 Å². The second-order valence-corrected chi connectivity index (χ2v) is 3.53. The van der Waals surface area contributed by atoms with Gasteiger partial charge in [-0.05, 0) is 13.3 Å². The van der Waals surface area contributed by atoms with E-state index >= 15 is 0 Å². The number of ether oxygens (including phenoxy) is 1. The monoisotopic (exact) mass is 256 g/mol. The van der Waals surface area contributed by atoms with Crippen molar-refractivity contribution in [3.05, 3.63) is 11.9 Å². The van der Waals surface area contributed by atoms with Gasteiger partial charge >= 0.3 is 6.09 Å². The maximum atomic E-state index is 11.4. The molecule has 0 aliphatic rings. The number of alkyl carbamates (subject to hydrolysis) is 1. The third-order valence-corrected chi connectivity index (χ3v) is 2.11. The summed E-state index contributed by atoms with van der Waals surface area (Å²) in [7, 11) is 0. The molecule has 1 unspecified atom stereocenters. The van der Waals surface area contributed by atoms with Crippen LogP contribution in [0.15, 0.2) is 6.20 Å². The van der Waals surface area contributed by atoms with Gasteiger partial charge in [0.25, 0.3) is 5.91 Å². The molecule has 2 amide bonds. The fourth-order valence-corrected chi connectivity index (χ4v) is 1.22. The van der Waals surface area contributed by atoms with Gasteiger partial charge in [-0.2, -0.15) is 0 Å². The van der Waals surface area contributed by atoms with Crippen LogP contribution in [-0.4, -0.2) is 38.7 Å². The number of carbonyl (C=O) groups excluding carboxylic acids is 2. The van der Waals surface area contributed by atoms with E-state index in [1.54, 1.807) is 13.8 Å². The number of aliphatic hydroxyl groups is 1. The highest BCUT2D eigenvalue weighted by molar-refractivity contribution is 5.91. The van der Waals surface area contributed by atoms with Crippen LogP contribution in [0.4, 0.5) is 4.79 Å². The number of rotatable bonds is 5. The van der Waals surface area contributed by atoms with Gasteiger partial charge in [0.1, 0.15) is 12.2 Å². The van der Waals surface area contributed by atoms with Crippen molar-refractivity contribution in [2.45, 2.75) is 32.9 Å². The molecule has 2 N–H and O–H groups in total. The molecular formula is C10H16N4O4. The van der Waals surface area contributed by atoms with Gasteiger partial charge in [0.2, 0.25) is 0 Å². The second kappa shape index (κ2) is 6.70. The molecule has 100 valence electrons. The Kier molecular flexibility index (Phi) is 5.25. The van der Waals surface area contributed by atoms with Crippen molar-refractivity contribution in [1.29, 1.82) is 0 Å². The summed E-state index contributed by atoms with van der Waals surface area (Å²) in [6, 6.07) is 0. The first kappa shape index (κ1) is 14.1. The Bertz CT molecular complexity index is 418. The first-order chi connectivity index (χ1) is 8.56. The molecule has 0 saturated heterocycles. The van der Waals surface area contributed by atoms with Crippen LogP contribution in [0.3, 0.4) is 0 Å². The number of amides is 2. The minimum absolute atomic E-state index is 0.164. The van der Waals surface area contributed by atoms with Crippen LogP contribution in [0.5, 0.6) is 0 Å². The van der Waals surface area contributed by atoms with Crippen LogP contribution in [0.2, 0.25) is 0 Å². The molecule has 0 aromatic carbocycles. The Hall–Kier alpha value is -1.96. The Balaban J connectivity index is 2.49. The lowest BCUT2D eigenvalue weighted by Gasteiger charge is -2.03. The van der Waals surface area contributed by atoms with Crippen molar-refractivity contribution in [3.63, 3.8) is 0 Å². The third-order valence-electron chi connectivity index (χ3n) is 2.11. The molecule has 8 nitrogen and oxygen atoms in total. The van der Waals surface area contributed by atoms with E-state index in [9.17, 15) is 14.7 Å². The van der Waals surface area contributed by atoms with E-state index in [-0.39, 0.29) is 13.2 Å². The minimum Gasteiger partial charge on any atom is -0.450 e. The van der Waals surface area contributed by atoms with Crippen LogP contribution in [0.25, 0.3) is 0 Å². The molecule has 0 bridgehead atoms. The van der Waals surface area contributed by atoms with Gasteiger partial charge in [-0.15, -0.1) is 5.10 Å². The van der Waals surface area contributed by atoms with Crippen LogP contribution < -0.4 is 5.32 Å². The molecule has 0 radical (unpaired) electrons. The van der Waals surface area contributed by atoms with Gasteiger partial charge in [-0.3, -0.25) is 10.1 Å². The molecule has 18 heavy (non-hydrogen) atoms. The fourth-order valence-electron chi connectivity index (χ4n) is 1.22. The third kappa shape index (κ3) is 4.13. The first-order valence-electron chi connectivity index (χ1n) is 5.61. The van der Waals surface area contributed by atoms with Crippen molar-refractivity contribution in [1.82, 2.24) is 20.3 Å². The number of imide groups is 1. The molecular weight excluding hydrogens is 240 g/mol. The molecule has 0 saturated carbocycles. The number of carbonyl (C=O) groups is 2. The van der Waals surface area contributed by atoms with E-state index in [1.165, 1.54) is 10.9 Å². The van der Waals surface area contributed by atoms with E-state index in [4.69, 9.17) is 0 Å². The zero-order chi connectivity index (χ0) is 13.5. The lowest BCUT2D eigenvalue weighted by molar-refractivity contribution is -0.121. The SMILES string of the molecule is CCOC(=O)NC(=O)Cn1cc(C(O)CC)nn1. The Morgan fingerprint density at radius 2 is 2.28 bits per heavy atom. The fraction of sp³-hybridized carbons (Fsp3) is 0.600. The van der Waals surface area contributed by atoms with E-state index in [0.717, 1.165) is 0 Å². The molecule has 0 fully saturated rings. The molecule has 0 aliphatic carbocycles. The van der Waals surface area contributed by atoms with Crippen LogP contribution in [0, 0.1) is 0 Å². The normalized spacial score (nSPS) is 11.9. The average Bonchev–Trinajstić information content (AvgIpc) is 2.76.